The number of rotatable bonds is 3. The Morgan fingerprint density at radius 1 is 1.31 bits per heavy atom. The minimum Gasteiger partial charge on any atom is -0.327 e. The molecule has 1 heteroatoms. The molecule has 0 spiro atoms. The van der Waals surface area contributed by atoms with Gasteiger partial charge in [-0.1, -0.05) is 38.3 Å². The van der Waals surface area contributed by atoms with E-state index in [1.807, 2.05) is 0 Å². The van der Waals surface area contributed by atoms with E-state index in [-0.39, 0.29) is 0 Å². The Balaban J connectivity index is 2.40. The second-order valence-corrected chi connectivity index (χ2v) is 4.37. The van der Waals surface area contributed by atoms with Crippen LogP contribution >= 0.6 is 0 Å². The summed E-state index contributed by atoms with van der Waals surface area (Å²) in [6.45, 7) is 6.26. The number of hydrogen-bond donors (Lipinski definition) is 1. The SMILES string of the molecule is C=C(CC)CC1CCCCCC1N. The molecule has 0 aromatic rings. The topological polar surface area (TPSA) is 26.0 Å². The van der Waals surface area contributed by atoms with Gasteiger partial charge in [0, 0.05) is 6.04 Å². The zero-order valence-corrected chi connectivity index (χ0v) is 8.89. The molecule has 1 rings (SSSR count). The smallest absolute Gasteiger partial charge is 0.00702 e. The summed E-state index contributed by atoms with van der Waals surface area (Å²) in [6.07, 6.45) is 8.90. The highest BCUT2D eigenvalue weighted by Gasteiger charge is 2.20. The first-order valence-corrected chi connectivity index (χ1v) is 5.66. The molecule has 1 nitrogen and oxygen atoms in total. The summed E-state index contributed by atoms with van der Waals surface area (Å²) in [6, 6.07) is 0.436. The second-order valence-electron chi connectivity index (χ2n) is 4.37. The van der Waals surface area contributed by atoms with Gasteiger partial charge in [0.2, 0.25) is 0 Å². The van der Waals surface area contributed by atoms with Crippen molar-refractivity contribution in [2.24, 2.45) is 11.7 Å². The Bertz CT molecular complexity index is 163. The van der Waals surface area contributed by atoms with Gasteiger partial charge >= 0.3 is 0 Å². The lowest BCUT2D eigenvalue weighted by atomic mass is 9.88. The highest BCUT2D eigenvalue weighted by molar-refractivity contribution is 4.96. The Kier molecular flexibility index (Phi) is 4.51. The molecule has 13 heavy (non-hydrogen) atoms. The fourth-order valence-electron chi connectivity index (χ4n) is 2.18. The molecule has 2 atom stereocenters. The zero-order chi connectivity index (χ0) is 9.68. The average molecular weight is 181 g/mol. The molecular formula is C12H23N. The van der Waals surface area contributed by atoms with Crippen LogP contribution in [0.3, 0.4) is 0 Å². The highest BCUT2D eigenvalue weighted by atomic mass is 14.6. The fourth-order valence-corrected chi connectivity index (χ4v) is 2.18. The highest BCUT2D eigenvalue weighted by Crippen LogP contribution is 2.27. The predicted molar refractivity (Wildman–Crippen MR) is 58.6 cm³/mol. The number of hydrogen-bond acceptors (Lipinski definition) is 1. The van der Waals surface area contributed by atoms with Gasteiger partial charge < -0.3 is 5.73 Å². The van der Waals surface area contributed by atoms with Gasteiger partial charge in [0.25, 0.3) is 0 Å². The van der Waals surface area contributed by atoms with Crippen molar-refractivity contribution < 1.29 is 0 Å². The van der Waals surface area contributed by atoms with E-state index in [1.54, 1.807) is 0 Å². The van der Waals surface area contributed by atoms with Crippen LogP contribution in [0, 0.1) is 5.92 Å². The minimum absolute atomic E-state index is 0.436. The first-order chi connectivity index (χ1) is 6.24. The van der Waals surface area contributed by atoms with Crippen molar-refractivity contribution in [3.05, 3.63) is 12.2 Å². The van der Waals surface area contributed by atoms with Crippen molar-refractivity contribution in [3.8, 4) is 0 Å². The van der Waals surface area contributed by atoms with Gasteiger partial charge in [0.05, 0.1) is 0 Å². The molecule has 0 aromatic heterocycles. The third-order valence-electron chi connectivity index (χ3n) is 3.27. The van der Waals surface area contributed by atoms with Crippen molar-refractivity contribution in [2.75, 3.05) is 0 Å². The van der Waals surface area contributed by atoms with Crippen LogP contribution in [0.5, 0.6) is 0 Å². The molecule has 76 valence electrons. The van der Waals surface area contributed by atoms with Crippen LogP contribution in [0.4, 0.5) is 0 Å². The number of nitrogens with two attached hydrogens (primary N) is 1. The van der Waals surface area contributed by atoms with Crippen LogP contribution in [0.1, 0.15) is 51.9 Å². The quantitative estimate of drug-likeness (QED) is 0.525. The molecule has 0 saturated heterocycles. The lowest BCUT2D eigenvalue weighted by Gasteiger charge is -2.21. The summed E-state index contributed by atoms with van der Waals surface area (Å²) in [4.78, 5) is 0. The van der Waals surface area contributed by atoms with Crippen LogP contribution in [0.25, 0.3) is 0 Å². The van der Waals surface area contributed by atoms with Crippen LogP contribution in [-0.4, -0.2) is 6.04 Å². The van der Waals surface area contributed by atoms with Crippen molar-refractivity contribution >= 4 is 0 Å². The van der Waals surface area contributed by atoms with Crippen LogP contribution in [0.15, 0.2) is 12.2 Å². The largest absolute Gasteiger partial charge is 0.327 e. The average Bonchev–Trinajstić information content (AvgIpc) is 2.32. The van der Waals surface area contributed by atoms with Crippen molar-refractivity contribution in [1.82, 2.24) is 0 Å². The maximum absolute atomic E-state index is 6.14. The molecule has 0 aromatic carbocycles. The molecule has 0 radical (unpaired) electrons. The van der Waals surface area contributed by atoms with E-state index in [0.717, 1.165) is 18.8 Å². The zero-order valence-electron chi connectivity index (χ0n) is 8.89. The summed E-state index contributed by atoms with van der Waals surface area (Å²) < 4.78 is 0. The molecule has 1 aliphatic carbocycles. The summed E-state index contributed by atoms with van der Waals surface area (Å²) in [5.41, 5.74) is 7.52. The molecular weight excluding hydrogens is 158 g/mol. The van der Waals surface area contributed by atoms with Crippen molar-refractivity contribution in [1.29, 1.82) is 0 Å². The van der Waals surface area contributed by atoms with E-state index in [2.05, 4.69) is 13.5 Å². The summed E-state index contributed by atoms with van der Waals surface area (Å²) in [7, 11) is 0. The van der Waals surface area contributed by atoms with Gasteiger partial charge in [-0.15, -0.1) is 0 Å². The van der Waals surface area contributed by atoms with E-state index in [4.69, 9.17) is 5.73 Å². The summed E-state index contributed by atoms with van der Waals surface area (Å²) in [5.74, 6) is 0.718. The fraction of sp³-hybridized carbons (Fsp3) is 0.833. The normalized spacial score (nSPS) is 29.7. The first kappa shape index (κ1) is 10.8. The molecule has 0 amide bonds. The second kappa shape index (κ2) is 5.43. The molecule has 1 aliphatic rings. The first-order valence-electron chi connectivity index (χ1n) is 5.66. The third kappa shape index (κ3) is 3.51. The molecule has 0 bridgehead atoms. The van der Waals surface area contributed by atoms with E-state index >= 15 is 0 Å². The van der Waals surface area contributed by atoms with E-state index in [9.17, 15) is 0 Å². The van der Waals surface area contributed by atoms with Gasteiger partial charge in [-0.05, 0) is 31.6 Å². The minimum atomic E-state index is 0.436. The Labute approximate surface area is 82.4 Å². The van der Waals surface area contributed by atoms with Gasteiger partial charge in [-0.2, -0.15) is 0 Å². The van der Waals surface area contributed by atoms with Crippen LogP contribution < -0.4 is 5.73 Å². The molecule has 0 aliphatic heterocycles. The van der Waals surface area contributed by atoms with Crippen molar-refractivity contribution in [2.45, 2.75) is 57.9 Å². The Morgan fingerprint density at radius 3 is 2.69 bits per heavy atom. The summed E-state index contributed by atoms with van der Waals surface area (Å²) >= 11 is 0. The molecule has 0 heterocycles. The van der Waals surface area contributed by atoms with Crippen LogP contribution in [-0.2, 0) is 0 Å². The Hall–Kier alpha value is -0.300. The van der Waals surface area contributed by atoms with E-state index < -0.39 is 0 Å². The summed E-state index contributed by atoms with van der Waals surface area (Å²) in [5, 5.41) is 0. The molecule has 1 saturated carbocycles. The van der Waals surface area contributed by atoms with Gasteiger partial charge in [-0.3, -0.25) is 0 Å². The van der Waals surface area contributed by atoms with Gasteiger partial charge in [-0.25, -0.2) is 0 Å². The third-order valence-corrected chi connectivity index (χ3v) is 3.27. The molecule has 1 fully saturated rings. The van der Waals surface area contributed by atoms with Crippen LogP contribution in [0.2, 0.25) is 0 Å². The predicted octanol–water partition coefficient (Wildman–Crippen LogP) is 3.25. The number of allylic oxidation sites excluding steroid dienone is 1. The van der Waals surface area contributed by atoms with Crippen molar-refractivity contribution in [3.63, 3.8) is 0 Å². The molecule has 2 N–H and O–H groups in total. The lowest BCUT2D eigenvalue weighted by Crippen LogP contribution is -2.29. The maximum Gasteiger partial charge on any atom is 0.00702 e. The Morgan fingerprint density at radius 2 is 2.00 bits per heavy atom. The van der Waals surface area contributed by atoms with Gasteiger partial charge in [0.1, 0.15) is 0 Å². The molecule has 2 unspecified atom stereocenters. The van der Waals surface area contributed by atoms with Gasteiger partial charge in [0.15, 0.2) is 0 Å². The maximum atomic E-state index is 6.14. The standard InChI is InChI=1S/C12H23N/c1-3-10(2)9-11-7-5-4-6-8-12(11)13/h11-12H,2-9,13H2,1H3. The lowest BCUT2D eigenvalue weighted by molar-refractivity contribution is 0.392. The van der Waals surface area contributed by atoms with E-state index in [0.29, 0.717) is 6.04 Å². The monoisotopic (exact) mass is 181 g/mol. The van der Waals surface area contributed by atoms with E-state index in [1.165, 1.54) is 37.7 Å².